The predicted molar refractivity (Wildman–Crippen MR) is 64.8 cm³/mol. The zero-order valence-electron chi connectivity index (χ0n) is 9.91. The Morgan fingerprint density at radius 1 is 1.44 bits per heavy atom. The van der Waals surface area contributed by atoms with Gasteiger partial charge in [-0.1, -0.05) is 12.1 Å². The number of hydrogen-bond donors (Lipinski definition) is 2. The van der Waals surface area contributed by atoms with Crippen molar-refractivity contribution >= 4 is 0 Å². The maximum Gasteiger partial charge on any atom is 0.123 e. The molecule has 0 aromatic heterocycles. The number of hydrogen-bond acceptors (Lipinski definition) is 3. The average molecular weight is 225 g/mol. The molecule has 3 nitrogen and oxygen atoms in total. The van der Waals surface area contributed by atoms with Crippen LogP contribution in [0.5, 0.6) is 0 Å². The number of halogens is 1. The standard InChI is InChI=1S/C12H20FN3/c1-16(2)7-6-15-12(9-14)10-4-3-5-11(13)8-10/h3-5,8,12,15H,6-7,9,14H2,1-2H3. The maximum absolute atomic E-state index is 13.0. The first-order valence-electron chi connectivity index (χ1n) is 5.47. The molecule has 4 heteroatoms. The number of nitrogens with two attached hydrogens (primary N) is 1. The van der Waals surface area contributed by atoms with E-state index in [4.69, 9.17) is 5.73 Å². The molecule has 90 valence electrons. The highest BCUT2D eigenvalue weighted by atomic mass is 19.1. The van der Waals surface area contributed by atoms with Crippen LogP contribution in [0, 0.1) is 5.82 Å². The van der Waals surface area contributed by atoms with E-state index in [1.165, 1.54) is 12.1 Å². The van der Waals surface area contributed by atoms with Crippen molar-refractivity contribution in [1.82, 2.24) is 10.2 Å². The Morgan fingerprint density at radius 2 is 2.19 bits per heavy atom. The molecule has 0 amide bonds. The van der Waals surface area contributed by atoms with E-state index in [1.807, 2.05) is 20.2 Å². The van der Waals surface area contributed by atoms with Gasteiger partial charge in [0.15, 0.2) is 0 Å². The molecule has 0 aliphatic carbocycles. The molecular weight excluding hydrogens is 205 g/mol. The van der Waals surface area contributed by atoms with E-state index in [0.717, 1.165) is 18.7 Å². The van der Waals surface area contributed by atoms with Crippen molar-refractivity contribution in [2.24, 2.45) is 5.73 Å². The van der Waals surface area contributed by atoms with E-state index >= 15 is 0 Å². The Kier molecular flexibility index (Phi) is 5.38. The van der Waals surface area contributed by atoms with Gasteiger partial charge >= 0.3 is 0 Å². The van der Waals surface area contributed by atoms with E-state index in [9.17, 15) is 4.39 Å². The van der Waals surface area contributed by atoms with E-state index in [-0.39, 0.29) is 11.9 Å². The van der Waals surface area contributed by atoms with Crippen molar-refractivity contribution in [3.8, 4) is 0 Å². The topological polar surface area (TPSA) is 41.3 Å². The largest absolute Gasteiger partial charge is 0.329 e. The lowest BCUT2D eigenvalue weighted by Crippen LogP contribution is -2.33. The molecule has 0 aliphatic rings. The molecule has 0 bridgehead atoms. The summed E-state index contributed by atoms with van der Waals surface area (Å²) in [6, 6.07) is 6.59. The highest BCUT2D eigenvalue weighted by Crippen LogP contribution is 2.12. The summed E-state index contributed by atoms with van der Waals surface area (Å²) in [6.45, 7) is 2.24. The number of nitrogens with zero attached hydrogens (tertiary/aromatic N) is 1. The molecule has 0 heterocycles. The smallest absolute Gasteiger partial charge is 0.123 e. The van der Waals surface area contributed by atoms with E-state index < -0.39 is 0 Å². The van der Waals surface area contributed by atoms with Gasteiger partial charge in [0.25, 0.3) is 0 Å². The fourth-order valence-electron chi connectivity index (χ4n) is 1.52. The molecule has 16 heavy (non-hydrogen) atoms. The monoisotopic (exact) mass is 225 g/mol. The second kappa shape index (κ2) is 6.58. The normalized spacial score (nSPS) is 13.1. The van der Waals surface area contributed by atoms with Crippen LogP contribution in [-0.2, 0) is 0 Å². The van der Waals surface area contributed by atoms with Gasteiger partial charge in [0.1, 0.15) is 5.82 Å². The Balaban J connectivity index is 2.53. The molecule has 1 aromatic rings. The highest BCUT2D eigenvalue weighted by Gasteiger charge is 2.09. The minimum Gasteiger partial charge on any atom is -0.329 e. The minimum atomic E-state index is -0.217. The summed E-state index contributed by atoms with van der Waals surface area (Å²) >= 11 is 0. The van der Waals surface area contributed by atoms with E-state index in [1.54, 1.807) is 6.07 Å². The van der Waals surface area contributed by atoms with Gasteiger partial charge < -0.3 is 16.0 Å². The molecule has 0 fully saturated rings. The van der Waals surface area contributed by atoms with Crippen LogP contribution in [0.1, 0.15) is 11.6 Å². The molecule has 0 aliphatic heterocycles. The molecule has 0 saturated carbocycles. The number of likely N-dealkylation sites (N-methyl/N-ethyl adjacent to an activating group) is 1. The highest BCUT2D eigenvalue weighted by molar-refractivity contribution is 5.20. The predicted octanol–water partition coefficient (Wildman–Crippen LogP) is 0.977. The van der Waals surface area contributed by atoms with Crippen molar-refractivity contribution in [3.63, 3.8) is 0 Å². The third kappa shape index (κ3) is 4.26. The van der Waals surface area contributed by atoms with Crippen LogP contribution >= 0.6 is 0 Å². The van der Waals surface area contributed by atoms with E-state index in [0.29, 0.717) is 6.54 Å². The zero-order valence-corrected chi connectivity index (χ0v) is 9.91. The summed E-state index contributed by atoms with van der Waals surface area (Å²) < 4.78 is 13.0. The quantitative estimate of drug-likeness (QED) is 0.758. The number of benzene rings is 1. The van der Waals surface area contributed by atoms with Gasteiger partial charge in [-0.3, -0.25) is 0 Å². The van der Waals surface area contributed by atoms with Crippen LogP contribution in [0.25, 0.3) is 0 Å². The molecule has 3 N–H and O–H groups in total. The van der Waals surface area contributed by atoms with Gasteiger partial charge in [0, 0.05) is 25.7 Å². The molecule has 1 atom stereocenters. The number of rotatable bonds is 6. The average Bonchev–Trinajstić information content (AvgIpc) is 2.24. The second-order valence-electron chi connectivity index (χ2n) is 4.10. The second-order valence-corrected chi connectivity index (χ2v) is 4.10. The van der Waals surface area contributed by atoms with Crippen molar-refractivity contribution in [2.45, 2.75) is 6.04 Å². The first-order valence-corrected chi connectivity index (χ1v) is 5.47. The summed E-state index contributed by atoms with van der Waals surface area (Å²) in [5.74, 6) is -0.217. The van der Waals surface area contributed by atoms with Gasteiger partial charge in [0.05, 0.1) is 0 Å². The Hall–Kier alpha value is -0.970. The van der Waals surface area contributed by atoms with Crippen LogP contribution in [0.2, 0.25) is 0 Å². The number of nitrogens with one attached hydrogen (secondary N) is 1. The van der Waals surface area contributed by atoms with Crippen LogP contribution in [0.15, 0.2) is 24.3 Å². The fraction of sp³-hybridized carbons (Fsp3) is 0.500. The lowest BCUT2D eigenvalue weighted by atomic mass is 10.1. The summed E-state index contributed by atoms with van der Waals surface area (Å²) in [6.07, 6.45) is 0. The molecule has 0 radical (unpaired) electrons. The van der Waals surface area contributed by atoms with Gasteiger partial charge in [-0.15, -0.1) is 0 Å². The summed E-state index contributed by atoms with van der Waals surface area (Å²) in [5, 5.41) is 3.31. The SMILES string of the molecule is CN(C)CCNC(CN)c1cccc(F)c1. The van der Waals surface area contributed by atoms with Crippen molar-refractivity contribution < 1.29 is 4.39 Å². The Labute approximate surface area is 96.4 Å². The van der Waals surface area contributed by atoms with Crippen LogP contribution < -0.4 is 11.1 Å². The zero-order chi connectivity index (χ0) is 12.0. The maximum atomic E-state index is 13.0. The van der Waals surface area contributed by atoms with Crippen LogP contribution in [0.3, 0.4) is 0 Å². The van der Waals surface area contributed by atoms with Crippen LogP contribution in [-0.4, -0.2) is 38.6 Å². The lowest BCUT2D eigenvalue weighted by Gasteiger charge is -2.19. The van der Waals surface area contributed by atoms with Gasteiger partial charge in [-0.05, 0) is 31.8 Å². The Morgan fingerprint density at radius 3 is 2.75 bits per heavy atom. The van der Waals surface area contributed by atoms with Gasteiger partial charge in [-0.25, -0.2) is 4.39 Å². The van der Waals surface area contributed by atoms with Crippen LogP contribution in [0.4, 0.5) is 4.39 Å². The summed E-state index contributed by atoms with van der Waals surface area (Å²) in [7, 11) is 4.03. The third-order valence-electron chi connectivity index (χ3n) is 2.44. The molecule has 0 saturated heterocycles. The lowest BCUT2D eigenvalue weighted by molar-refractivity contribution is 0.385. The molecule has 0 spiro atoms. The first kappa shape index (κ1) is 13.1. The van der Waals surface area contributed by atoms with Crippen molar-refractivity contribution in [3.05, 3.63) is 35.6 Å². The summed E-state index contributed by atoms with van der Waals surface area (Å²) in [4.78, 5) is 2.09. The van der Waals surface area contributed by atoms with E-state index in [2.05, 4.69) is 10.2 Å². The molecule has 1 aromatic carbocycles. The molecule has 1 rings (SSSR count). The Bertz CT molecular complexity index is 315. The van der Waals surface area contributed by atoms with Crippen molar-refractivity contribution in [2.75, 3.05) is 33.7 Å². The molecular formula is C12H20FN3. The van der Waals surface area contributed by atoms with Gasteiger partial charge in [0.2, 0.25) is 0 Å². The third-order valence-corrected chi connectivity index (χ3v) is 2.44. The fourth-order valence-corrected chi connectivity index (χ4v) is 1.52. The minimum absolute atomic E-state index is 0.0237. The first-order chi connectivity index (χ1) is 7.63. The van der Waals surface area contributed by atoms with Gasteiger partial charge in [-0.2, -0.15) is 0 Å². The summed E-state index contributed by atoms with van der Waals surface area (Å²) in [5.41, 5.74) is 6.58. The molecule has 1 unspecified atom stereocenters. The van der Waals surface area contributed by atoms with Crippen molar-refractivity contribution in [1.29, 1.82) is 0 Å².